The molecule has 0 aliphatic carbocycles. The summed E-state index contributed by atoms with van der Waals surface area (Å²) in [6, 6.07) is 10.7. The molecule has 1 aromatic carbocycles. The monoisotopic (exact) mass is 537 g/mol. The third-order valence-electron chi connectivity index (χ3n) is 6.65. The number of thiophene rings is 1. The zero-order chi connectivity index (χ0) is 26.3. The Hall–Kier alpha value is -4.06. The van der Waals surface area contributed by atoms with Crippen molar-refractivity contribution in [3.8, 4) is 5.69 Å². The normalized spacial score (nSPS) is 16.3. The number of nitrogens with one attached hydrogen (secondary N) is 1. The van der Waals surface area contributed by atoms with E-state index in [9.17, 15) is 18.0 Å². The van der Waals surface area contributed by atoms with Crippen LogP contribution < -0.4 is 10.2 Å². The SMILES string of the molecule is O=C(NCc1ccc2sccc2n1)[C@H]1CCCN(c2ncnc3nn(-c4ccc(C(F)(F)F)cc4)cc23)C1. The average molecular weight is 538 g/mol. The quantitative estimate of drug-likeness (QED) is 0.340. The van der Waals surface area contributed by atoms with E-state index in [1.165, 1.54) is 23.1 Å². The van der Waals surface area contributed by atoms with Gasteiger partial charge in [-0.05, 0) is 60.7 Å². The molecule has 1 aliphatic rings. The molecule has 194 valence electrons. The van der Waals surface area contributed by atoms with Gasteiger partial charge in [-0.15, -0.1) is 16.4 Å². The highest BCUT2D eigenvalue weighted by atomic mass is 32.1. The van der Waals surface area contributed by atoms with Crippen LogP contribution in [0, 0.1) is 5.92 Å². The second-order valence-electron chi connectivity index (χ2n) is 9.16. The lowest BCUT2D eigenvalue weighted by Crippen LogP contribution is -2.43. The van der Waals surface area contributed by atoms with Crippen LogP contribution in [0.2, 0.25) is 0 Å². The number of rotatable bonds is 5. The maximum absolute atomic E-state index is 13.0. The fraction of sp³-hybridized carbons (Fsp3) is 0.269. The standard InChI is InChI=1S/C26H22F3N7OS/c27-26(28,29)17-3-6-19(7-4-17)36-14-20-23(34-36)31-15-32-24(20)35-10-1-2-16(13-35)25(37)30-12-18-5-8-22-21(33-18)9-11-38-22/h3-9,11,14-16H,1-2,10,12-13H2,(H,30,37)/t16-/m0/s1. The Morgan fingerprint density at radius 3 is 2.76 bits per heavy atom. The molecular formula is C26H22F3N7OS. The molecule has 8 nitrogen and oxygen atoms in total. The molecule has 0 radical (unpaired) electrons. The Kier molecular flexibility index (Phi) is 6.18. The van der Waals surface area contributed by atoms with Gasteiger partial charge in [-0.3, -0.25) is 9.78 Å². The third kappa shape index (κ3) is 4.78. The number of nitrogens with zero attached hydrogens (tertiary/aromatic N) is 6. The molecule has 1 saturated heterocycles. The second kappa shape index (κ2) is 9.67. The smallest absolute Gasteiger partial charge is 0.355 e. The van der Waals surface area contributed by atoms with E-state index in [1.54, 1.807) is 17.5 Å². The number of alkyl halides is 3. The van der Waals surface area contributed by atoms with E-state index in [1.807, 2.05) is 28.5 Å². The van der Waals surface area contributed by atoms with Crippen LogP contribution in [0.25, 0.3) is 26.9 Å². The molecule has 1 amide bonds. The van der Waals surface area contributed by atoms with Crippen molar-refractivity contribution in [2.75, 3.05) is 18.0 Å². The van der Waals surface area contributed by atoms with Crippen LogP contribution in [0.5, 0.6) is 0 Å². The zero-order valence-corrected chi connectivity index (χ0v) is 20.8. The van der Waals surface area contributed by atoms with Crippen molar-refractivity contribution in [1.82, 2.24) is 30.0 Å². The molecule has 1 aliphatic heterocycles. The van der Waals surface area contributed by atoms with Gasteiger partial charge in [0.05, 0.1) is 45.0 Å². The van der Waals surface area contributed by atoms with Crippen LogP contribution in [0.4, 0.5) is 19.0 Å². The second-order valence-corrected chi connectivity index (χ2v) is 10.1. The van der Waals surface area contributed by atoms with Crippen LogP contribution >= 0.6 is 11.3 Å². The number of pyridine rings is 1. The Morgan fingerprint density at radius 2 is 1.95 bits per heavy atom. The maximum atomic E-state index is 13.0. The van der Waals surface area contributed by atoms with E-state index in [-0.39, 0.29) is 11.8 Å². The number of carbonyl (C=O) groups is 1. The third-order valence-corrected chi connectivity index (χ3v) is 7.53. The topological polar surface area (TPSA) is 88.8 Å². The van der Waals surface area contributed by atoms with Crippen molar-refractivity contribution in [3.05, 3.63) is 71.6 Å². The lowest BCUT2D eigenvalue weighted by molar-refractivity contribution is -0.137. The molecule has 38 heavy (non-hydrogen) atoms. The lowest BCUT2D eigenvalue weighted by atomic mass is 9.97. The molecule has 0 unspecified atom stereocenters. The fourth-order valence-corrected chi connectivity index (χ4v) is 5.44. The number of aromatic nitrogens is 5. The van der Waals surface area contributed by atoms with Crippen LogP contribution in [0.3, 0.4) is 0 Å². The van der Waals surface area contributed by atoms with Crippen LogP contribution in [-0.2, 0) is 17.5 Å². The van der Waals surface area contributed by atoms with Gasteiger partial charge in [0, 0.05) is 19.3 Å². The summed E-state index contributed by atoms with van der Waals surface area (Å²) in [7, 11) is 0. The van der Waals surface area contributed by atoms with E-state index >= 15 is 0 Å². The van der Waals surface area contributed by atoms with Gasteiger partial charge in [-0.1, -0.05) is 0 Å². The number of hydrogen-bond donors (Lipinski definition) is 1. The minimum Gasteiger partial charge on any atom is -0.355 e. The van der Waals surface area contributed by atoms with Crippen molar-refractivity contribution < 1.29 is 18.0 Å². The van der Waals surface area contributed by atoms with Crippen LogP contribution in [0.1, 0.15) is 24.1 Å². The van der Waals surface area contributed by atoms with Gasteiger partial charge < -0.3 is 10.2 Å². The van der Waals surface area contributed by atoms with Gasteiger partial charge in [0.2, 0.25) is 5.91 Å². The van der Waals surface area contributed by atoms with E-state index in [0.717, 1.165) is 47.4 Å². The highest BCUT2D eigenvalue weighted by Gasteiger charge is 2.30. The van der Waals surface area contributed by atoms with Crippen LogP contribution in [0.15, 0.2) is 60.4 Å². The predicted octanol–water partition coefficient (Wildman–Crippen LogP) is 4.98. The molecule has 0 bridgehead atoms. The number of hydrogen-bond acceptors (Lipinski definition) is 7. The van der Waals surface area contributed by atoms with Gasteiger partial charge in [0.1, 0.15) is 12.1 Å². The van der Waals surface area contributed by atoms with Gasteiger partial charge in [-0.25, -0.2) is 14.6 Å². The average Bonchev–Trinajstić information content (AvgIpc) is 3.58. The first-order valence-electron chi connectivity index (χ1n) is 12.1. The Balaban J connectivity index is 1.17. The first-order valence-corrected chi connectivity index (χ1v) is 13.0. The molecular weight excluding hydrogens is 515 g/mol. The summed E-state index contributed by atoms with van der Waals surface area (Å²) in [6.07, 6.45) is 0.298. The highest BCUT2D eigenvalue weighted by Crippen LogP contribution is 2.31. The van der Waals surface area contributed by atoms with Gasteiger partial charge >= 0.3 is 6.18 Å². The molecule has 1 atom stereocenters. The van der Waals surface area contributed by atoms with Crippen molar-refractivity contribution in [2.24, 2.45) is 5.92 Å². The number of piperidine rings is 1. The van der Waals surface area contributed by atoms with Gasteiger partial charge in [-0.2, -0.15) is 13.2 Å². The molecule has 0 saturated carbocycles. The number of fused-ring (bicyclic) bond motifs is 2. The van der Waals surface area contributed by atoms with Crippen molar-refractivity contribution in [2.45, 2.75) is 25.6 Å². The number of halogens is 3. The first kappa shape index (κ1) is 24.3. The molecule has 6 rings (SSSR count). The summed E-state index contributed by atoms with van der Waals surface area (Å²) < 4.78 is 41.4. The Bertz CT molecular complexity index is 1610. The van der Waals surface area contributed by atoms with E-state index in [0.29, 0.717) is 35.6 Å². The summed E-state index contributed by atoms with van der Waals surface area (Å²) in [5, 5.41) is 10.1. The number of carbonyl (C=O) groups excluding carboxylic acids is 1. The summed E-state index contributed by atoms with van der Waals surface area (Å²) in [5.41, 5.74) is 1.92. The zero-order valence-electron chi connectivity index (χ0n) is 20.0. The summed E-state index contributed by atoms with van der Waals surface area (Å²) >= 11 is 1.63. The summed E-state index contributed by atoms with van der Waals surface area (Å²) in [5.74, 6) is 0.395. The first-order chi connectivity index (χ1) is 18.3. The van der Waals surface area contributed by atoms with E-state index in [2.05, 4.69) is 25.4 Å². The van der Waals surface area contributed by atoms with Crippen LogP contribution in [-0.4, -0.2) is 43.7 Å². The minimum atomic E-state index is -4.41. The molecule has 1 fully saturated rings. The number of amides is 1. The molecule has 5 heterocycles. The molecule has 0 spiro atoms. The Labute approximate surface area is 219 Å². The van der Waals surface area contributed by atoms with Crippen molar-refractivity contribution >= 4 is 44.3 Å². The summed E-state index contributed by atoms with van der Waals surface area (Å²) in [4.78, 5) is 28.4. The largest absolute Gasteiger partial charge is 0.416 e. The van der Waals surface area contributed by atoms with Crippen molar-refractivity contribution in [1.29, 1.82) is 0 Å². The van der Waals surface area contributed by atoms with Crippen molar-refractivity contribution in [3.63, 3.8) is 0 Å². The molecule has 5 aromatic rings. The molecule has 12 heteroatoms. The highest BCUT2D eigenvalue weighted by molar-refractivity contribution is 7.17. The number of anilines is 1. The lowest BCUT2D eigenvalue weighted by Gasteiger charge is -2.33. The van der Waals surface area contributed by atoms with Gasteiger partial charge in [0.25, 0.3) is 0 Å². The molecule has 4 aromatic heterocycles. The maximum Gasteiger partial charge on any atom is 0.416 e. The summed E-state index contributed by atoms with van der Waals surface area (Å²) in [6.45, 7) is 1.57. The Morgan fingerprint density at radius 1 is 1.11 bits per heavy atom. The molecule has 1 N–H and O–H groups in total. The predicted molar refractivity (Wildman–Crippen MR) is 138 cm³/mol. The minimum absolute atomic E-state index is 0.0346. The fourth-order valence-electron chi connectivity index (χ4n) is 4.71. The number of benzene rings is 1. The van der Waals surface area contributed by atoms with E-state index < -0.39 is 11.7 Å². The van der Waals surface area contributed by atoms with Gasteiger partial charge in [0.15, 0.2) is 5.65 Å². The van der Waals surface area contributed by atoms with E-state index in [4.69, 9.17) is 0 Å².